The fraction of sp³-hybridized carbons (Fsp3) is 1.00. The molecule has 2 rings (SSSR count). The zero-order valence-electron chi connectivity index (χ0n) is 9.29. The van der Waals surface area contributed by atoms with Crippen molar-refractivity contribution < 1.29 is 5.11 Å². The van der Waals surface area contributed by atoms with Crippen LogP contribution in [0.2, 0.25) is 0 Å². The maximum Gasteiger partial charge on any atom is 0.0715 e. The second kappa shape index (κ2) is 3.80. The second-order valence-electron chi connectivity index (χ2n) is 5.41. The van der Waals surface area contributed by atoms with Gasteiger partial charge in [0.2, 0.25) is 0 Å². The van der Waals surface area contributed by atoms with E-state index in [-0.39, 0.29) is 0 Å². The van der Waals surface area contributed by atoms with Crippen molar-refractivity contribution in [3.8, 4) is 0 Å². The van der Waals surface area contributed by atoms with Crippen LogP contribution < -0.4 is 5.32 Å². The first-order chi connectivity index (χ1) is 6.54. The van der Waals surface area contributed by atoms with E-state index in [1.807, 2.05) is 13.8 Å². The first-order valence-corrected chi connectivity index (χ1v) is 5.74. The van der Waals surface area contributed by atoms with Crippen LogP contribution in [0.4, 0.5) is 0 Å². The summed E-state index contributed by atoms with van der Waals surface area (Å²) in [7, 11) is 0. The van der Waals surface area contributed by atoms with Crippen LogP contribution in [-0.2, 0) is 0 Å². The Morgan fingerprint density at radius 2 is 2.07 bits per heavy atom. The van der Waals surface area contributed by atoms with Crippen LogP contribution >= 0.6 is 0 Å². The zero-order chi connectivity index (χ0) is 10.2. The molecule has 0 aromatic carbocycles. The molecule has 1 saturated heterocycles. The number of hydrogen-bond acceptors (Lipinski definition) is 3. The van der Waals surface area contributed by atoms with Crippen molar-refractivity contribution in [1.82, 2.24) is 10.2 Å². The van der Waals surface area contributed by atoms with Gasteiger partial charge in [-0.1, -0.05) is 0 Å². The number of likely N-dealkylation sites (tertiary alicyclic amines) is 1. The van der Waals surface area contributed by atoms with Crippen molar-refractivity contribution in [3.05, 3.63) is 0 Å². The van der Waals surface area contributed by atoms with Crippen LogP contribution in [0.5, 0.6) is 0 Å². The van der Waals surface area contributed by atoms with E-state index in [9.17, 15) is 5.11 Å². The largest absolute Gasteiger partial charge is 0.389 e. The van der Waals surface area contributed by atoms with Gasteiger partial charge in [0.15, 0.2) is 0 Å². The monoisotopic (exact) mass is 198 g/mol. The van der Waals surface area contributed by atoms with Gasteiger partial charge in [0, 0.05) is 31.7 Å². The summed E-state index contributed by atoms with van der Waals surface area (Å²) in [6.07, 6.45) is 4.04. The Morgan fingerprint density at radius 3 is 2.64 bits per heavy atom. The predicted molar refractivity (Wildman–Crippen MR) is 57.3 cm³/mol. The third-order valence-electron chi connectivity index (χ3n) is 3.11. The summed E-state index contributed by atoms with van der Waals surface area (Å²) in [6.45, 7) is 6.84. The first kappa shape index (κ1) is 10.4. The van der Waals surface area contributed by atoms with E-state index < -0.39 is 5.60 Å². The SMILES string of the molecule is CC(C)(O)CNC1CCN(C2CC2)C1. The number of nitrogens with one attached hydrogen (secondary N) is 1. The standard InChI is InChI=1S/C11H22N2O/c1-11(2,14)8-12-9-5-6-13(7-9)10-3-4-10/h9-10,12,14H,3-8H2,1-2H3. The molecule has 1 aliphatic carbocycles. The summed E-state index contributed by atoms with van der Waals surface area (Å²) in [5.74, 6) is 0. The van der Waals surface area contributed by atoms with E-state index in [2.05, 4.69) is 10.2 Å². The fourth-order valence-corrected chi connectivity index (χ4v) is 2.12. The van der Waals surface area contributed by atoms with Gasteiger partial charge in [-0.2, -0.15) is 0 Å². The number of nitrogens with zero attached hydrogens (tertiary/aromatic N) is 1. The molecule has 0 spiro atoms. The lowest BCUT2D eigenvalue weighted by molar-refractivity contribution is 0.0766. The lowest BCUT2D eigenvalue weighted by atomic mass is 10.1. The van der Waals surface area contributed by atoms with E-state index in [0.29, 0.717) is 12.6 Å². The molecule has 0 radical (unpaired) electrons. The maximum atomic E-state index is 9.59. The smallest absolute Gasteiger partial charge is 0.0715 e. The van der Waals surface area contributed by atoms with Crippen LogP contribution in [0, 0.1) is 0 Å². The molecule has 1 saturated carbocycles. The van der Waals surface area contributed by atoms with E-state index in [0.717, 1.165) is 6.04 Å². The minimum Gasteiger partial charge on any atom is -0.389 e. The van der Waals surface area contributed by atoms with Gasteiger partial charge < -0.3 is 10.4 Å². The van der Waals surface area contributed by atoms with Crippen LogP contribution in [0.15, 0.2) is 0 Å². The summed E-state index contributed by atoms with van der Waals surface area (Å²) in [6, 6.07) is 1.49. The lowest BCUT2D eigenvalue weighted by Gasteiger charge is -2.21. The Balaban J connectivity index is 1.68. The third kappa shape index (κ3) is 2.94. The van der Waals surface area contributed by atoms with Gasteiger partial charge in [-0.25, -0.2) is 0 Å². The van der Waals surface area contributed by atoms with Crippen LogP contribution in [-0.4, -0.2) is 47.3 Å². The van der Waals surface area contributed by atoms with Gasteiger partial charge in [-0.15, -0.1) is 0 Å². The van der Waals surface area contributed by atoms with Crippen molar-refractivity contribution in [3.63, 3.8) is 0 Å². The van der Waals surface area contributed by atoms with Crippen LogP contribution in [0.3, 0.4) is 0 Å². The van der Waals surface area contributed by atoms with E-state index in [4.69, 9.17) is 0 Å². The quantitative estimate of drug-likeness (QED) is 0.694. The summed E-state index contributed by atoms with van der Waals surface area (Å²) in [5, 5.41) is 13.0. The summed E-state index contributed by atoms with van der Waals surface area (Å²) in [4.78, 5) is 2.59. The van der Waals surface area contributed by atoms with Gasteiger partial charge in [-0.05, 0) is 33.1 Å². The van der Waals surface area contributed by atoms with Gasteiger partial charge >= 0.3 is 0 Å². The highest BCUT2D eigenvalue weighted by molar-refractivity contribution is 4.92. The summed E-state index contributed by atoms with van der Waals surface area (Å²) >= 11 is 0. The molecule has 82 valence electrons. The molecule has 0 amide bonds. The minimum atomic E-state index is -0.576. The van der Waals surface area contributed by atoms with E-state index in [1.54, 1.807) is 0 Å². The summed E-state index contributed by atoms with van der Waals surface area (Å²) in [5.41, 5.74) is -0.576. The van der Waals surface area contributed by atoms with Crippen LogP contribution in [0.1, 0.15) is 33.1 Å². The Morgan fingerprint density at radius 1 is 1.36 bits per heavy atom. The molecule has 14 heavy (non-hydrogen) atoms. The molecule has 1 unspecified atom stereocenters. The highest BCUT2D eigenvalue weighted by Gasteiger charge is 2.34. The average Bonchev–Trinajstić information content (AvgIpc) is 2.81. The average molecular weight is 198 g/mol. The predicted octanol–water partition coefficient (Wildman–Crippen LogP) is 0.584. The molecule has 1 atom stereocenters. The molecular formula is C11H22N2O. The van der Waals surface area contributed by atoms with Gasteiger partial charge in [0.1, 0.15) is 0 Å². The summed E-state index contributed by atoms with van der Waals surface area (Å²) < 4.78 is 0. The zero-order valence-corrected chi connectivity index (χ0v) is 9.29. The van der Waals surface area contributed by atoms with Crippen molar-refractivity contribution in [2.45, 2.75) is 50.8 Å². The normalized spacial score (nSPS) is 29.8. The van der Waals surface area contributed by atoms with Crippen molar-refractivity contribution in [1.29, 1.82) is 0 Å². The van der Waals surface area contributed by atoms with Crippen molar-refractivity contribution in [2.24, 2.45) is 0 Å². The molecule has 0 aromatic heterocycles. The van der Waals surface area contributed by atoms with Gasteiger partial charge in [-0.3, -0.25) is 4.90 Å². The molecule has 1 heterocycles. The van der Waals surface area contributed by atoms with Crippen LogP contribution in [0.25, 0.3) is 0 Å². The van der Waals surface area contributed by atoms with E-state index >= 15 is 0 Å². The Bertz CT molecular complexity index is 196. The molecule has 3 heteroatoms. The van der Waals surface area contributed by atoms with Gasteiger partial charge in [0.25, 0.3) is 0 Å². The Hall–Kier alpha value is -0.120. The highest BCUT2D eigenvalue weighted by atomic mass is 16.3. The molecule has 0 aromatic rings. The van der Waals surface area contributed by atoms with Gasteiger partial charge in [0.05, 0.1) is 5.60 Å². The minimum absolute atomic E-state index is 0.576. The maximum absolute atomic E-state index is 9.59. The molecule has 3 nitrogen and oxygen atoms in total. The fourth-order valence-electron chi connectivity index (χ4n) is 2.12. The van der Waals surface area contributed by atoms with Crippen molar-refractivity contribution >= 4 is 0 Å². The topological polar surface area (TPSA) is 35.5 Å². The first-order valence-electron chi connectivity index (χ1n) is 5.74. The lowest BCUT2D eigenvalue weighted by Crippen LogP contribution is -2.42. The number of aliphatic hydroxyl groups is 1. The Labute approximate surface area is 86.5 Å². The number of hydrogen-bond donors (Lipinski definition) is 2. The van der Waals surface area contributed by atoms with Crippen molar-refractivity contribution in [2.75, 3.05) is 19.6 Å². The molecule has 2 fully saturated rings. The molecule has 2 aliphatic rings. The Kier molecular flexibility index (Phi) is 2.82. The highest BCUT2D eigenvalue weighted by Crippen LogP contribution is 2.29. The molecule has 0 bridgehead atoms. The molecule has 1 aliphatic heterocycles. The van der Waals surface area contributed by atoms with E-state index in [1.165, 1.54) is 32.4 Å². The molecular weight excluding hydrogens is 176 g/mol. The molecule has 2 N–H and O–H groups in total. The number of rotatable bonds is 4. The second-order valence-corrected chi connectivity index (χ2v) is 5.41. The third-order valence-corrected chi connectivity index (χ3v) is 3.11.